The van der Waals surface area contributed by atoms with E-state index in [1.165, 1.54) is 22.3 Å². The van der Waals surface area contributed by atoms with Crippen LogP contribution in [0.25, 0.3) is 5.70 Å². The van der Waals surface area contributed by atoms with Crippen molar-refractivity contribution in [1.82, 2.24) is 5.32 Å². The van der Waals surface area contributed by atoms with E-state index in [0.29, 0.717) is 6.42 Å². The summed E-state index contributed by atoms with van der Waals surface area (Å²) in [5, 5.41) is 3.08. The molecule has 0 fully saturated rings. The van der Waals surface area contributed by atoms with Gasteiger partial charge in [-0.15, -0.1) is 0 Å². The minimum atomic E-state index is 0.107. The van der Waals surface area contributed by atoms with Gasteiger partial charge in [-0.3, -0.25) is 4.79 Å². The van der Waals surface area contributed by atoms with Gasteiger partial charge in [-0.2, -0.15) is 0 Å². The third kappa shape index (κ3) is 2.24. The second-order valence-electron chi connectivity index (χ2n) is 6.25. The van der Waals surface area contributed by atoms with Gasteiger partial charge in [0.2, 0.25) is 5.91 Å². The lowest BCUT2D eigenvalue weighted by molar-refractivity contribution is -0.120. The summed E-state index contributed by atoms with van der Waals surface area (Å²) in [6.45, 7) is 2.10. The standard InChI is InChI=1S/C20H19NO2/c1-12-3-5-13(6-4-12)19-16-9-10-18(22)21-20(16)15-8-7-14(23-2)11-17(15)19/h3-8,11,19H,9-10H2,1-2H3,(H,21,22). The Morgan fingerprint density at radius 2 is 1.87 bits per heavy atom. The van der Waals surface area contributed by atoms with E-state index in [1.54, 1.807) is 7.11 Å². The third-order valence-electron chi connectivity index (χ3n) is 4.81. The maximum atomic E-state index is 11.9. The molecule has 1 unspecified atom stereocenters. The highest BCUT2D eigenvalue weighted by Crippen LogP contribution is 2.48. The van der Waals surface area contributed by atoms with E-state index in [-0.39, 0.29) is 11.8 Å². The summed E-state index contributed by atoms with van der Waals surface area (Å²) >= 11 is 0. The van der Waals surface area contributed by atoms with Crippen LogP contribution in [-0.2, 0) is 4.79 Å². The number of carbonyl (C=O) groups excluding carboxylic acids is 1. The van der Waals surface area contributed by atoms with Crippen molar-refractivity contribution in [2.75, 3.05) is 7.11 Å². The van der Waals surface area contributed by atoms with Gasteiger partial charge in [-0.1, -0.05) is 29.8 Å². The number of hydrogen-bond acceptors (Lipinski definition) is 2. The number of hydrogen-bond donors (Lipinski definition) is 1. The Labute approximate surface area is 136 Å². The predicted molar refractivity (Wildman–Crippen MR) is 90.3 cm³/mol. The number of allylic oxidation sites excluding steroid dienone is 1. The van der Waals surface area contributed by atoms with Gasteiger partial charge >= 0.3 is 0 Å². The van der Waals surface area contributed by atoms with E-state index in [9.17, 15) is 4.79 Å². The average Bonchev–Trinajstić information content (AvgIpc) is 2.88. The summed E-state index contributed by atoms with van der Waals surface area (Å²) in [5.74, 6) is 1.17. The smallest absolute Gasteiger partial charge is 0.224 e. The number of benzene rings is 2. The molecular formula is C20H19NO2. The molecule has 23 heavy (non-hydrogen) atoms. The quantitative estimate of drug-likeness (QED) is 0.917. The average molecular weight is 305 g/mol. The molecule has 1 aliphatic carbocycles. The number of aryl methyl sites for hydroxylation is 1. The minimum absolute atomic E-state index is 0.107. The molecule has 1 heterocycles. The van der Waals surface area contributed by atoms with Crippen LogP contribution in [0.4, 0.5) is 0 Å². The van der Waals surface area contributed by atoms with Crippen LogP contribution in [-0.4, -0.2) is 13.0 Å². The molecule has 1 atom stereocenters. The van der Waals surface area contributed by atoms with Gasteiger partial charge in [-0.05, 0) is 48.2 Å². The van der Waals surface area contributed by atoms with Crippen molar-refractivity contribution < 1.29 is 9.53 Å². The van der Waals surface area contributed by atoms with Crippen molar-refractivity contribution in [3.8, 4) is 5.75 Å². The lowest BCUT2D eigenvalue weighted by atomic mass is 9.85. The first-order valence-corrected chi connectivity index (χ1v) is 7.95. The maximum Gasteiger partial charge on any atom is 0.224 e. The molecule has 3 heteroatoms. The first-order valence-electron chi connectivity index (χ1n) is 7.95. The molecule has 2 aromatic carbocycles. The Kier molecular flexibility index (Phi) is 3.22. The number of ether oxygens (including phenoxy) is 1. The van der Waals surface area contributed by atoms with Gasteiger partial charge in [0, 0.05) is 23.6 Å². The van der Waals surface area contributed by atoms with E-state index >= 15 is 0 Å². The number of rotatable bonds is 2. The fourth-order valence-corrected chi connectivity index (χ4v) is 3.65. The predicted octanol–water partition coefficient (Wildman–Crippen LogP) is 3.77. The van der Waals surface area contributed by atoms with E-state index in [0.717, 1.165) is 23.4 Å². The summed E-state index contributed by atoms with van der Waals surface area (Å²) in [6.07, 6.45) is 1.38. The van der Waals surface area contributed by atoms with E-state index in [4.69, 9.17) is 4.74 Å². The first kappa shape index (κ1) is 14.1. The zero-order chi connectivity index (χ0) is 16.0. The Bertz CT molecular complexity index is 818. The maximum absolute atomic E-state index is 11.9. The van der Waals surface area contributed by atoms with Crippen molar-refractivity contribution in [2.45, 2.75) is 25.7 Å². The molecule has 0 spiro atoms. The Hall–Kier alpha value is -2.55. The van der Waals surface area contributed by atoms with Crippen LogP contribution in [0.3, 0.4) is 0 Å². The molecule has 2 aliphatic rings. The molecule has 116 valence electrons. The highest BCUT2D eigenvalue weighted by molar-refractivity contribution is 5.94. The zero-order valence-electron chi connectivity index (χ0n) is 13.3. The number of carbonyl (C=O) groups is 1. The number of methoxy groups -OCH3 is 1. The molecule has 1 aliphatic heterocycles. The van der Waals surface area contributed by atoms with Gasteiger partial charge in [0.1, 0.15) is 5.75 Å². The number of fused-ring (bicyclic) bond motifs is 2. The molecule has 0 saturated carbocycles. The monoisotopic (exact) mass is 305 g/mol. The largest absolute Gasteiger partial charge is 0.497 e. The van der Waals surface area contributed by atoms with Crippen molar-refractivity contribution >= 4 is 11.6 Å². The van der Waals surface area contributed by atoms with Crippen LogP contribution < -0.4 is 10.1 Å². The second-order valence-corrected chi connectivity index (χ2v) is 6.25. The van der Waals surface area contributed by atoms with Gasteiger partial charge in [0.05, 0.1) is 7.11 Å². The van der Waals surface area contributed by atoms with E-state index in [1.807, 2.05) is 6.07 Å². The van der Waals surface area contributed by atoms with Crippen molar-refractivity contribution in [2.24, 2.45) is 0 Å². The summed E-state index contributed by atoms with van der Waals surface area (Å²) in [7, 11) is 1.69. The summed E-state index contributed by atoms with van der Waals surface area (Å²) in [6, 6.07) is 14.8. The Morgan fingerprint density at radius 3 is 2.61 bits per heavy atom. The summed E-state index contributed by atoms with van der Waals surface area (Å²) in [5.41, 5.74) is 7.19. The fourth-order valence-electron chi connectivity index (χ4n) is 3.65. The van der Waals surface area contributed by atoms with Crippen molar-refractivity contribution in [3.05, 3.63) is 70.3 Å². The van der Waals surface area contributed by atoms with E-state index in [2.05, 4.69) is 48.6 Å². The van der Waals surface area contributed by atoms with Gasteiger partial charge in [-0.25, -0.2) is 0 Å². The first-order chi connectivity index (χ1) is 11.2. The highest BCUT2D eigenvalue weighted by Gasteiger charge is 2.35. The van der Waals surface area contributed by atoms with Crippen LogP contribution in [0, 0.1) is 6.92 Å². The fraction of sp³-hybridized carbons (Fsp3) is 0.250. The van der Waals surface area contributed by atoms with Crippen LogP contribution >= 0.6 is 0 Å². The van der Waals surface area contributed by atoms with Gasteiger partial charge in [0.25, 0.3) is 0 Å². The van der Waals surface area contributed by atoms with Crippen LogP contribution in [0.15, 0.2) is 48.0 Å². The molecule has 4 rings (SSSR count). The van der Waals surface area contributed by atoms with Gasteiger partial charge in [0.15, 0.2) is 0 Å². The van der Waals surface area contributed by atoms with Crippen LogP contribution in [0.1, 0.15) is 41.0 Å². The normalized spacial score (nSPS) is 19.2. The molecule has 1 N–H and O–H groups in total. The molecule has 0 saturated heterocycles. The summed E-state index contributed by atoms with van der Waals surface area (Å²) < 4.78 is 5.41. The Morgan fingerprint density at radius 1 is 1.09 bits per heavy atom. The topological polar surface area (TPSA) is 38.3 Å². The highest BCUT2D eigenvalue weighted by atomic mass is 16.5. The minimum Gasteiger partial charge on any atom is -0.497 e. The van der Waals surface area contributed by atoms with Gasteiger partial charge < -0.3 is 10.1 Å². The molecule has 0 aromatic heterocycles. The summed E-state index contributed by atoms with van der Waals surface area (Å²) in [4.78, 5) is 11.9. The van der Waals surface area contributed by atoms with Crippen LogP contribution in [0.2, 0.25) is 0 Å². The molecule has 1 amide bonds. The molecule has 0 radical (unpaired) electrons. The zero-order valence-corrected chi connectivity index (χ0v) is 13.3. The lowest BCUT2D eigenvalue weighted by Crippen LogP contribution is -2.26. The third-order valence-corrected chi connectivity index (χ3v) is 4.81. The lowest BCUT2D eigenvalue weighted by Gasteiger charge is -2.21. The molecule has 0 bridgehead atoms. The molecule has 2 aromatic rings. The van der Waals surface area contributed by atoms with E-state index < -0.39 is 0 Å². The molecular weight excluding hydrogens is 286 g/mol. The van der Waals surface area contributed by atoms with Crippen molar-refractivity contribution in [3.63, 3.8) is 0 Å². The number of nitrogens with one attached hydrogen (secondary N) is 1. The SMILES string of the molecule is COc1ccc2c(c1)C(c1ccc(C)cc1)C1=C2NC(=O)CC1. The Balaban J connectivity index is 1.90. The molecule has 3 nitrogen and oxygen atoms in total. The van der Waals surface area contributed by atoms with Crippen molar-refractivity contribution in [1.29, 1.82) is 0 Å². The number of amides is 1. The van der Waals surface area contributed by atoms with Crippen LogP contribution in [0.5, 0.6) is 5.75 Å². The second kappa shape index (κ2) is 5.27.